The lowest BCUT2D eigenvalue weighted by molar-refractivity contribution is -0.144. The van der Waals surface area contributed by atoms with Crippen LogP contribution in [0.1, 0.15) is 96.0 Å². The predicted octanol–water partition coefficient (Wildman–Crippen LogP) is 11.5. The second kappa shape index (κ2) is 26.1. The zero-order valence-corrected chi connectivity index (χ0v) is 34.3. The van der Waals surface area contributed by atoms with Crippen LogP contribution in [0.4, 0.5) is 11.4 Å². The number of hydrogen-bond acceptors (Lipinski definition) is 6. The number of fused-ring (bicyclic) bond motifs is 1. The number of piperazine rings is 1. The van der Waals surface area contributed by atoms with Crippen molar-refractivity contribution < 1.29 is 19.1 Å². The Labute approximate surface area is 340 Å². The molecule has 0 N–H and O–H groups in total. The fourth-order valence-electron chi connectivity index (χ4n) is 6.61. The molecule has 55 heavy (non-hydrogen) atoms. The van der Waals surface area contributed by atoms with Crippen molar-refractivity contribution in [3.63, 3.8) is 0 Å². The van der Waals surface area contributed by atoms with Gasteiger partial charge in [-0.05, 0) is 101 Å². The van der Waals surface area contributed by atoms with Crippen molar-refractivity contribution in [2.75, 3.05) is 55.9 Å². The molecule has 0 saturated carbocycles. The summed E-state index contributed by atoms with van der Waals surface area (Å²) in [6, 6.07) is 11.7. The molecule has 0 aromatic heterocycles. The number of nitrogens with zero attached hydrogens (tertiary/aromatic N) is 3. The van der Waals surface area contributed by atoms with Crippen molar-refractivity contribution >= 4 is 46.5 Å². The van der Waals surface area contributed by atoms with Crippen LogP contribution in [0.25, 0.3) is 0 Å². The number of unbranched alkanes of at least 4 members (excludes halogenated alkanes) is 4. The summed E-state index contributed by atoms with van der Waals surface area (Å²) in [7, 11) is 0. The molecule has 0 atom stereocenters. The lowest BCUT2D eigenvalue weighted by Crippen LogP contribution is -2.46. The van der Waals surface area contributed by atoms with E-state index in [9.17, 15) is 9.59 Å². The molecular formula is C46H61Cl2N3O4. The number of amides is 1. The van der Waals surface area contributed by atoms with E-state index in [1.165, 1.54) is 0 Å². The zero-order chi connectivity index (χ0) is 38.9. The number of esters is 1. The van der Waals surface area contributed by atoms with Crippen LogP contribution in [0, 0.1) is 0 Å². The first kappa shape index (κ1) is 43.9. The first-order chi connectivity index (χ1) is 27.0. The molecule has 2 aromatic carbocycles. The molecule has 0 aliphatic carbocycles. The average molecular weight is 791 g/mol. The highest BCUT2D eigenvalue weighted by atomic mass is 35.5. The zero-order valence-electron chi connectivity index (χ0n) is 32.8. The van der Waals surface area contributed by atoms with Crippen molar-refractivity contribution in [1.82, 2.24) is 4.90 Å². The maximum absolute atomic E-state index is 12.9. The summed E-state index contributed by atoms with van der Waals surface area (Å²) >= 11 is 12.6. The lowest BCUT2D eigenvalue weighted by atomic mass is 10.0. The van der Waals surface area contributed by atoms with Crippen LogP contribution in [0.15, 0.2) is 97.2 Å². The van der Waals surface area contributed by atoms with E-state index >= 15 is 0 Å². The quantitative estimate of drug-likeness (QED) is 0.0600. The van der Waals surface area contributed by atoms with Gasteiger partial charge in [-0.2, -0.15) is 0 Å². The molecule has 0 unspecified atom stereocenters. The number of benzene rings is 2. The fourth-order valence-corrected chi connectivity index (χ4v) is 7.03. The van der Waals surface area contributed by atoms with E-state index in [2.05, 4.69) is 77.5 Å². The van der Waals surface area contributed by atoms with Crippen LogP contribution in [-0.4, -0.2) is 62.8 Å². The Kier molecular flexibility index (Phi) is 20.9. The molecule has 1 amide bonds. The molecular weight excluding hydrogens is 729 g/mol. The topological polar surface area (TPSA) is 62.3 Å². The Balaban J connectivity index is 1.04. The van der Waals surface area contributed by atoms with Gasteiger partial charge in [0.2, 0.25) is 5.91 Å². The number of anilines is 2. The number of ether oxygens (including phenoxy) is 2. The lowest BCUT2D eigenvalue weighted by Gasteiger charge is -2.36. The predicted molar refractivity (Wildman–Crippen MR) is 231 cm³/mol. The van der Waals surface area contributed by atoms with Crippen molar-refractivity contribution in [1.29, 1.82) is 0 Å². The van der Waals surface area contributed by atoms with Gasteiger partial charge in [0.05, 0.1) is 28.0 Å². The Morgan fingerprint density at radius 1 is 0.745 bits per heavy atom. The number of carbonyl (C=O) groups excluding carboxylic acids is 2. The van der Waals surface area contributed by atoms with Gasteiger partial charge in [0.1, 0.15) is 5.75 Å². The largest absolute Gasteiger partial charge is 0.494 e. The standard InChI is InChI=1S/C46H61Cl2N3O4/c1-2-3-4-5-6-7-8-9-10-11-12-13-14-15-16-17-18-19-20-26-45(53)55-38-51-43-37-40(29-27-39(43)28-30-44(51)52)54-36-22-21-31-49-32-34-50(35-33-49)42-25-23-24-41(47)46(42)48/h3-4,6-7,9-10,12-13,15-16,23-25,27,29,37H,2,5,8,11,14,17-22,26,28,30-36,38H2,1H3. The summed E-state index contributed by atoms with van der Waals surface area (Å²) in [5, 5.41) is 1.22. The van der Waals surface area contributed by atoms with Crippen LogP contribution < -0.4 is 14.5 Å². The summed E-state index contributed by atoms with van der Waals surface area (Å²) < 4.78 is 11.7. The van der Waals surface area contributed by atoms with E-state index < -0.39 is 0 Å². The van der Waals surface area contributed by atoms with Crippen LogP contribution in [0.2, 0.25) is 10.0 Å². The molecule has 7 nitrogen and oxygen atoms in total. The molecule has 0 bridgehead atoms. The minimum Gasteiger partial charge on any atom is -0.494 e. The third-order valence-corrected chi connectivity index (χ3v) is 10.6. The van der Waals surface area contributed by atoms with Gasteiger partial charge in [0.25, 0.3) is 0 Å². The number of halogens is 2. The van der Waals surface area contributed by atoms with Crippen LogP contribution in [0.5, 0.6) is 5.75 Å². The molecule has 298 valence electrons. The molecule has 2 aromatic rings. The maximum Gasteiger partial charge on any atom is 0.307 e. The smallest absolute Gasteiger partial charge is 0.307 e. The molecule has 4 rings (SSSR count). The van der Waals surface area contributed by atoms with Crippen LogP contribution >= 0.6 is 23.2 Å². The monoisotopic (exact) mass is 789 g/mol. The average Bonchev–Trinajstić information content (AvgIpc) is 3.19. The van der Waals surface area contributed by atoms with Crippen molar-refractivity contribution in [3.05, 3.63) is 113 Å². The Morgan fingerprint density at radius 3 is 2.15 bits per heavy atom. The van der Waals surface area contributed by atoms with E-state index in [-0.39, 0.29) is 18.6 Å². The second-order valence-electron chi connectivity index (χ2n) is 14.0. The molecule has 0 spiro atoms. The van der Waals surface area contributed by atoms with Crippen LogP contribution in [-0.2, 0) is 20.7 Å². The van der Waals surface area contributed by atoms with E-state index in [0.29, 0.717) is 35.9 Å². The van der Waals surface area contributed by atoms with Crippen LogP contribution in [0.3, 0.4) is 0 Å². The summed E-state index contributed by atoms with van der Waals surface area (Å²) in [6.07, 6.45) is 34.3. The summed E-state index contributed by atoms with van der Waals surface area (Å²) in [5.41, 5.74) is 2.85. The van der Waals surface area contributed by atoms with E-state index in [1.54, 1.807) is 4.90 Å². The first-order valence-corrected chi connectivity index (χ1v) is 21.1. The number of aryl methyl sites for hydroxylation is 1. The second-order valence-corrected chi connectivity index (χ2v) is 14.8. The van der Waals surface area contributed by atoms with E-state index in [1.807, 2.05) is 36.4 Å². The minimum absolute atomic E-state index is 0.0350. The van der Waals surface area contributed by atoms with Gasteiger partial charge in [0, 0.05) is 45.1 Å². The number of hydrogen-bond donors (Lipinski definition) is 0. The van der Waals surface area contributed by atoms with Gasteiger partial charge < -0.3 is 14.4 Å². The molecule has 9 heteroatoms. The minimum atomic E-state index is -0.267. The molecule has 0 radical (unpaired) electrons. The third-order valence-electron chi connectivity index (χ3n) is 9.80. The van der Waals surface area contributed by atoms with Gasteiger partial charge in [-0.3, -0.25) is 19.4 Å². The summed E-state index contributed by atoms with van der Waals surface area (Å²) in [4.78, 5) is 31.8. The fraction of sp³-hybridized carbons (Fsp3) is 0.478. The van der Waals surface area contributed by atoms with Gasteiger partial charge in [-0.1, -0.05) is 109 Å². The molecule has 2 aliphatic rings. The van der Waals surface area contributed by atoms with E-state index in [4.69, 9.17) is 32.7 Å². The van der Waals surface area contributed by atoms with Crippen molar-refractivity contribution in [3.8, 4) is 5.75 Å². The van der Waals surface area contributed by atoms with Crippen molar-refractivity contribution in [2.24, 2.45) is 0 Å². The van der Waals surface area contributed by atoms with Gasteiger partial charge in [-0.15, -0.1) is 0 Å². The third kappa shape index (κ3) is 16.5. The molecule has 2 heterocycles. The summed E-state index contributed by atoms with van der Waals surface area (Å²) in [5.74, 6) is 0.424. The number of rotatable bonds is 24. The van der Waals surface area contributed by atoms with Gasteiger partial charge >= 0.3 is 5.97 Å². The first-order valence-electron chi connectivity index (χ1n) is 20.3. The Morgan fingerprint density at radius 2 is 1.44 bits per heavy atom. The number of allylic oxidation sites excluding steroid dienone is 10. The Hall–Kier alpha value is -3.78. The maximum atomic E-state index is 12.9. The normalized spacial score (nSPS) is 15.4. The highest BCUT2D eigenvalue weighted by Gasteiger charge is 2.26. The highest BCUT2D eigenvalue weighted by molar-refractivity contribution is 6.43. The van der Waals surface area contributed by atoms with Gasteiger partial charge in [0.15, 0.2) is 6.73 Å². The van der Waals surface area contributed by atoms with E-state index in [0.717, 1.165) is 126 Å². The van der Waals surface area contributed by atoms with Gasteiger partial charge in [-0.25, -0.2) is 0 Å². The van der Waals surface area contributed by atoms with Crippen molar-refractivity contribution in [2.45, 2.75) is 96.8 Å². The summed E-state index contributed by atoms with van der Waals surface area (Å²) in [6.45, 7) is 7.50. The SMILES string of the molecule is CCC=CCC=CCC=CCC=CCC=CCCCCCC(=O)OCN1C(=O)CCc2ccc(OCCCCN3CCN(c4cccc(Cl)c4Cl)CC3)cc21. The number of carbonyl (C=O) groups is 2. The molecule has 1 fully saturated rings. The Bertz CT molecular complexity index is 1610. The molecule has 2 aliphatic heterocycles. The molecule has 1 saturated heterocycles. The highest BCUT2D eigenvalue weighted by Crippen LogP contribution is 2.33.